The van der Waals surface area contributed by atoms with Gasteiger partial charge in [-0.05, 0) is 80.8 Å². The number of nitrogens with zero attached hydrogens (tertiary/aromatic N) is 3. The first-order valence-electron chi connectivity index (χ1n) is 12.7. The van der Waals surface area contributed by atoms with Gasteiger partial charge >= 0.3 is 0 Å². The van der Waals surface area contributed by atoms with Gasteiger partial charge in [0.15, 0.2) is 0 Å². The summed E-state index contributed by atoms with van der Waals surface area (Å²) in [6, 6.07) is 18.6. The summed E-state index contributed by atoms with van der Waals surface area (Å²) >= 11 is 0. The lowest BCUT2D eigenvalue weighted by Gasteiger charge is -2.17. The van der Waals surface area contributed by atoms with Gasteiger partial charge in [0.05, 0.1) is 23.7 Å². The average molecular weight is 483 g/mol. The minimum absolute atomic E-state index is 0.706. The molecule has 0 aliphatic heterocycles. The van der Waals surface area contributed by atoms with Crippen molar-refractivity contribution in [3.8, 4) is 28.4 Å². The number of nitrogens with one attached hydrogen (secondary N) is 1. The molecule has 1 heterocycles. The summed E-state index contributed by atoms with van der Waals surface area (Å²) in [4.78, 5) is 16.1. The number of hydrogen-bond donors (Lipinski definition) is 1. The first-order valence-corrected chi connectivity index (χ1v) is 12.7. The van der Waals surface area contributed by atoms with Gasteiger partial charge in [-0.15, -0.1) is 0 Å². The molecule has 2 aromatic carbocycles. The molecule has 0 spiro atoms. The number of benzene rings is 2. The van der Waals surface area contributed by atoms with Crippen molar-refractivity contribution in [2.24, 2.45) is 5.16 Å². The largest absolute Gasteiger partial charge is 0.494 e. The standard InChI is InChI=1S/C30H34N4O2/c1-34(2)17-8-18-36-25-15-13-22(14-16-25)30-31-28(21-9-5-4-6-10-21)29(32-30)24-19-23-11-7-12-26(23)27(20-24)33-35-3/h4-6,9-10,13-16,19H,7-8,11-12,17-18,20H2,1-3H3,(H,31,32)/b33-27+. The Morgan fingerprint density at radius 3 is 2.56 bits per heavy atom. The van der Waals surface area contributed by atoms with E-state index in [9.17, 15) is 0 Å². The van der Waals surface area contributed by atoms with Crippen LogP contribution in [0.2, 0.25) is 0 Å². The summed E-state index contributed by atoms with van der Waals surface area (Å²) < 4.78 is 5.92. The molecule has 0 atom stereocenters. The van der Waals surface area contributed by atoms with Gasteiger partial charge in [-0.3, -0.25) is 0 Å². The van der Waals surface area contributed by atoms with Crippen molar-refractivity contribution in [1.29, 1.82) is 0 Å². The van der Waals surface area contributed by atoms with Crippen LogP contribution in [0, 0.1) is 0 Å². The van der Waals surface area contributed by atoms with E-state index in [4.69, 9.17) is 14.6 Å². The normalized spacial score (nSPS) is 16.4. The van der Waals surface area contributed by atoms with E-state index in [-0.39, 0.29) is 0 Å². The van der Waals surface area contributed by atoms with Gasteiger partial charge in [-0.2, -0.15) is 0 Å². The van der Waals surface area contributed by atoms with E-state index in [1.54, 1.807) is 7.11 Å². The number of ether oxygens (including phenoxy) is 1. The van der Waals surface area contributed by atoms with Crippen LogP contribution < -0.4 is 4.74 Å². The Balaban J connectivity index is 1.46. The highest BCUT2D eigenvalue weighted by Crippen LogP contribution is 2.40. The molecule has 2 aliphatic rings. The maximum absolute atomic E-state index is 5.92. The summed E-state index contributed by atoms with van der Waals surface area (Å²) in [6.07, 6.45) is 7.36. The van der Waals surface area contributed by atoms with Crippen LogP contribution in [0.5, 0.6) is 5.75 Å². The number of oxime groups is 1. The third-order valence-corrected chi connectivity index (χ3v) is 6.73. The number of hydrogen-bond acceptors (Lipinski definition) is 5. The molecule has 1 aromatic heterocycles. The molecule has 0 saturated carbocycles. The number of imidazole rings is 1. The third kappa shape index (κ3) is 5.29. The van der Waals surface area contributed by atoms with Crippen LogP contribution in [0.25, 0.3) is 28.2 Å². The fourth-order valence-corrected chi connectivity index (χ4v) is 4.99. The maximum atomic E-state index is 5.92. The van der Waals surface area contributed by atoms with Crippen molar-refractivity contribution < 1.29 is 9.57 Å². The number of aromatic nitrogens is 2. The number of rotatable bonds is 9. The molecule has 0 saturated heterocycles. The van der Waals surface area contributed by atoms with E-state index >= 15 is 0 Å². The molecular weight excluding hydrogens is 448 g/mol. The lowest BCUT2D eigenvalue weighted by Crippen LogP contribution is -2.15. The minimum atomic E-state index is 0.706. The Hall–Kier alpha value is -3.64. The molecule has 36 heavy (non-hydrogen) atoms. The van der Waals surface area contributed by atoms with Crippen LogP contribution in [-0.2, 0) is 4.84 Å². The fraction of sp³-hybridized carbons (Fsp3) is 0.333. The molecular formula is C30H34N4O2. The molecule has 0 amide bonds. The smallest absolute Gasteiger partial charge is 0.138 e. The quantitative estimate of drug-likeness (QED) is 0.285. The molecule has 0 unspecified atom stereocenters. The molecule has 0 radical (unpaired) electrons. The van der Waals surface area contributed by atoms with Crippen LogP contribution in [0.15, 0.2) is 77.0 Å². The van der Waals surface area contributed by atoms with E-state index < -0.39 is 0 Å². The maximum Gasteiger partial charge on any atom is 0.138 e. The summed E-state index contributed by atoms with van der Waals surface area (Å²) in [5.74, 6) is 1.73. The second-order valence-electron chi connectivity index (χ2n) is 9.63. The topological polar surface area (TPSA) is 62.7 Å². The van der Waals surface area contributed by atoms with Gasteiger partial charge in [0.2, 0.25) is 0 Å². The number of allylic oxidation sites excluding steroid dienone is 4. The minimum Gasteiger partial charge on any atom is -0.494 e. The van der Waals surface area contributed by atoms with Crippen molar-refractivity contribution in [2.75, 3.05) is 34.4 Å². The van der Waals surface area contributed by atoms with Gasteiger partial charge in [-0.1, -0.05) is 41.6 Å². The summed E-state index contributed by atoms with van der Waals surface area (Å²) in [5.41, 5.74) is 9.06. The Kier molecular flexibility index (Phi) is 7.33. The molecule has 186 valence electrons. The monoisotopic (exact) mass is 482 g/mol. The molecule has 1 N–H and O–H groups in total. The van der Waals surface area contributed by atoms with E-state index in [0.29, 0.717) is 6.61 Å². The average Bonchev–Trinajstić information content (AvgIpc) is 3.55. The van der Waals surface area contributed by atoms with E-state index in [0.717, 1.165) is 78.4 Å². The van der Waals surface area contributed by atoms with Crippen LogP contribution in [0.1, 0.15) is 37.8 Å². The van der Waals surface area contributed by atoms with E-state index in [1.165, 1.54) is 16.7 Å². The Labute approximate surface area is 213 Å². The van der Waals surface area contributed by atoms with Crippen molar-refractivity contribution in [2.45, 2.75) is 32.1 Å². The summed E-state index contributed by atoms with van der Waals surface area (Å²) in [7, 11) is 5.78. The van der Waals surface area contributed by atoms with Gasteiger partial charge in [-0.25, -0.2) is 4.98 Å². The van der Waals surface area contributed by atoms with Crippen molar-refractivity contribution in [1.82, 2.24) is 14.9 Å². The van der Waals surface area contributed by atoms with Gasteiger partial charge < -0.3 is 19.5 Å². The van der Waals surface area contributed by atoms with Crippen LogP contribution >= 0.6 is 0 Å². The van der Waals surface area contributed by atoms with Crippen LogP contribution in [0.3, 0.4) is 0 Å². The van der Waals surface area contributed by atoms with Gasteiger partial charge in [0.1, 0.15) is 18.7 Å². The molecule has 3 aromatic rings. The van der Waals surface area contributed by atoms with Gasteiger partial charge in [0, 0.05) is 24.1 Å². The first-order chi connectivity index (χ1) is 17.6. The lowest BCUT2D eigenvalue weighted by molar-refractivity contribution is 0.213. The number of H-pyrrole nitrogens is 1. The molecule has 2 aliphatic carbocycles. The second kappa shape index (κ2) is 11.0. The highest BCUT2D eigenvalue weighted by atomic mass is 16.6. The number of aromatic amines is 1. The van der Waals surface area contributed by atoms with Crippen LogP contribution in [-0.4, -0.2) is 54.9 Å². The first kappa shape index (κ1) is 24.1. The highest BCUT2D eigenvalue weighted by molar-refractivity contribution is 6.09. The van der Waals surface area contributed by atoms with Crippen molar-refractivity contribution >= 4 is 11.3 Å². The fourth-order valence-electron chi connectivity index (χ4n) is 4.99. The van der Waals surface area contributed by atoms with Crippen molar-refractivity contribution in [3.05, 3.63) is 77.5 Å². The Morgan fingerprint density at radius 2 is 1.81 bits per heavy atom. The van der Waals surface area contributed by atoms with E-state index in [1.807, 2.05) is 18.2 Å². The predicted molar refractivity (Wildman–Crippen MR) is 146 cm³/mol. The highest BCUT2D eigenvalue weighted by Gasteiger charge is 2.27. The zero-order valence-corrected chi connectivity index (χ0v) is 21.4. The van der Waals surface area contributed by atoms with Gasteiger partial charge in [0.25, 0.3) is 0 Å². The summed E-state index contributed by atoms with van der Waals surface area (Å²) in [6.45, 7) is 1.72. The molecule has 6 nitrogen and oxygen atoms in total. The second-order valence-corrected chi connectivity index (χ2v) is 9.63. The third-order valence-electron chi connectivity index (χ3n) is 6.73. The molecule has 0 bridgehead atoms. The van der Waals surface area contributed by atoms with Crippen LogP contribution in [0.4, 0.5) is 0 Å². The Morgan fingerprint density at radius 1 is 1.00 bits per heavy atom. The predicted octanol–water partition coefficient (Wildman–Crippen LogP) is 6.34. The molecule has 6 heteroatoms. The zero-order valence-electron chi connectivity index (χ0n) is 21.4. The zero-order chi connectivity index (χ0) is 24.9. The lowest BCUT2D eigenvalue weighted by atomic mass is 9.89. The molecule has 0 fully saturated rings. The SMILES string of the molecule is CO/N=C1\CC(c2nc(-c3ccc(OCCCN(C)C)cc3)[nH]c2-c2ccccc2)=CC2=C1CCC2. The van der Waals surface area contributed by atoms with E-state index in [2.05, 4.69) is 71.6 Å². The Bertz CT molecular complexity index is 1280. The van der Waals surface area contributed by atoms with Crippen molar-refractivity contribution in [3.63, 3.8) is 0 Å². The molecule has 5 rings (SSSR count). The summed E-state index contributed by atoms with van der Waals surface area (Å²) in [5, 5.41) is 4.38.